The van der Waals surface area contributed by atoms with E-state index >= 15 is 0 Å². The van der Waals surface area contributed by atoms with E-state index in [4.69, 9.17) is 19.5 Å². The van der Waals surface area contributed by atoms with Crippen LogP contribution in [0.5, 0.6) is 17.2 Å². The van der Waals surface area contributed by atoms with E-state index in [0.29, 0.717) is 39.6 Å². The molecule has 0 heterocycles. The smallest absolute Gasteiger partial charge is 0.343 e. The second-order valence-electron chi connectivity index (χ2n) is 5.56. The molecule has 8 nitrogen and oxygen atoms in total. The number of nitrogens with one attached hydrogen (secondary N) is 1. The van der Waals surface area contributed by atoms with Gasteiger partial charge < -0.3 is 24.3 Å². The summed E-state index contributed by atoms with van der Waals surface area (Å²) < 4.78 is 21.3. The Kier molecular flexibility index (Phi) is 8.30. The van der Waals surface area contributed by atoms with Crippen LogP contribution in [0.1, 0.15) is 12.5 Å². The number of hydrogen-bond donors (Lipinski definition) is 1. The molecule has 0 unspecified atom stereocenters. The predicted molar refractivity (Wildman–Crippen MR) is 108 cm³/mol. The van der Waals surface area contributed by atoms with Crippen molar-refractivity contribution in [2.24, 2.45) is 0 Å². The number of amides is 1. The number of methoxy groups -OCH3 is 1. The number of esters is 1. The molecule has 0 saturated heterocycles. The van der Waals surface area contributed by atoms with E-state index < -0.39 is 5.97 Å². The maximum atomic E-state index is 12.2. The van der Waals surface area contributed by atoms with Gasteiger partial charge in [0, 0.05) is 11.8 Å². The highest BCUT2D eigenvalue weighted by atomic mass is 79.9. The first kappa shape index (κ1) is 22.0. The molecule has 0 atom stereocenters. The Balaban J connectivity index is 1.95. The SMILES string of the molecule is CCOc1cc(C#N)cc(Br)c1OCC(=O)Nc1ccc(OCC(=O)OC)cc1. The largest absolute Gasteiger partial charge is 0.490 e. The molecule has 1 amide bonds. The van der Waals surface area contributed by atoms with E-state index in [0.717, 1.165) is 0 Å². The Morgan fingerprint density at radius 3 is 2.45 bits per heavy atom. The molecule has 152 valence electrons. The number of benzene rings is 2. The van der Waals surface area contributed by atoms with Crippen molar-refractivity contribution in [1.82, 2.24) is 0 Å². The molecular weight excluding hydrogens is 444 g/mol. The van der Waals surface area contributed by atoms with Crippen LogP contribution in [0, 0.1) is 11.3 Å². The molecule has 0 saturated carbocycles. The molecule has 0 aliphatic heterocycles. The predicted octanol–water partition coefficient (Wildman–Crippen LogP) is 3.29. The Morgan fingerprint density at radius 1 is 1.10 bits per heavy atom. The first-order chi connectivity index (χ1) is 14.0. The Labute approximate surface area is 176 Å². The third kappa shape index (κ3) is 6.69. The number of carbonyl (C=O) groups excluding carboxylic acids is 2. The van der Waals surface area contributed by atoms with Crippen molar-refractivity contribution in [2.75, 3.05) is 32.2 Å². The van der Waals surface area contributed by atoms with E-state index in [1.807, 2.05) is 13.0 Å². The number of nitrogens with zero attached hydrogens (tertiary/aromatic N) is 1. The van der Waals surface area contributed by atoms with Crippen LogP contribution in [-0.4, -0.2) is 38.8 Å². The van der Waals surface area contributed by atoms with Gasteiger partial charge in [0.05, 0.1) is 29.8 Å². The highest BCUT2D eigenvalue weighted by Crippen LogP contribution is 2.36. The molecule has 0 bridgehead atoms. The van der Waals surface area contributed by atoms with Crippen LogP contribution in [-0.2, 0) is 14.3 Å². The second-order valence-corrected chi connectivity index (χ2v) is 6.41. The number of anilines is 1. The van der Waals surface area contributed by atoms with Crippen LogP contribution in [0.15, 0.2) is 40.9 Å². The van der Waals surface area contributed by atoms with Gasteiger partial charge in [-0.05, 0) is 53.2 Å². The lowest BCUT2D eigenvalue weighted by Gasteiger charge is -2.14. The number of rotatable bonds is 9. The Morgan fingerprint density at radius 2 is 1.83 bits per heavy atom. The van der Waals surface area contributed by atoms with Gasteiger partial charge in [-0.2, -0.15) is 5.26 Å². The summed E-state index contributed by atoms with van der Waals surface area (Å²) >= 11 is 3.33. The Hall–Kier alpha value is -3.25. The molecule has 1 N–H and O–H groups in total. The Bertz CT molecular complexity index is 908. The lowest BCUT2D eigenvalue weighted by molar-refractivity contribution is -0.142. The zero-order valence-electron chi connectivity index (χ0n) is 15.9. The standard InChI is InChI=1S/C20H19BrN2O6/c1-3-27-17-9-13(10-22)8-16(21)20(17)29-11-18(24)23-14-4-6-15(7-5-14)28-12-19(25)26-2/h4-9H,3,11-12H2,1-2H3,(H,23,24). The minimum Gasteiger partial charge on any atom is -0.490 e. The van der Waals surface area contributed by atoms with Gasteiger partial charge in [0.15, 0.2) is 24.7 Å². The number of hydrogen-bond acceptors (Lipinski definition) is 7. The van der Waals surface area contributed by atoms with E-state index in [1.54, 1.807) is 36.4 Å². The second kappa shape index (κ2) is 10.9. The molecule has 0 fully saturated rings. The van der Waals surface area contributed by atoms with Gasteiger partial charge in [-0.15, -0.1) is 0 Å². The maximum absolute atomic E-state index is 12.2. The van der Waals surface area contributed by atoms with Gasteiger partial charge in [-0.3, -0.25) is 4.79 Å². The molecule has 29 heavy (non-hydrogen) atoms. The number of carbonyl (C=O) groups is 2. The quantitative estimate of drug-likeness (QED) is 0.569. The summed E-state index contributed by atoms with van der Waals surface area (Å²) in [5.74, 6) is 0.310. The first-order valence-electron chi connectivity index (χ1n) is 8.55. The molecule has 2 aromatic carbocycles. The fourth-order valence-electron chi connectivity index (χ4n) is 2.21. The average Bonchev–Trinajstić information content (AvgIpc) is 2.72. The van der Waals surface area contributed by atoms with Gasteiger partial charge in [0.2, 0.25) is 0 Å². The molecule has 2 rings (SSSR count). The van der Waals surface area contributed by atoms with E-state index in [9.17, 15) is 9.59 Å². The zero-order chi connectivity index (χ0) is 21.2. The van der Waals surface area contributed by atoms with Crippen LogP contribution in [0.3, 0.4) is 0 Å². The normalized spacial score (nSPS) is 9.86. The molecule has 0 radical (unpaired) electrons. The van der Waals surface area contributed by atoms with Crippen LogP contribution in [0.4, 0.5) is 5.69 Å². The van der Waals surface area contributed by atoms with Crippen molar-refractivity contribution in [3.63, 3.8) is 0 Å². The third-order valence-corrected chi connectivity index (χ3v) is 4.10. The summed E-state index contributed by atoms with van der Waals surface area (Å²) in [4.78, 5) is 23.3. The number of halogens is 1. The molecule has 9 heteroatoms. The minimum atomic E-state index is -0.486. The summed E-state index contributed by atoms with van der Waals surface area (Å²) in [5, 5.41) is 11.7. The van der Waals surface area contributed by atoms with Crippen molar-refractivity contribution in [3.8, 4) is 23.3 Å². The fraction of sp³-hybridized carbons (Fsp3) is 0.250. The van der Waals surface area contributed by atoms with Crippen LogP contribution in [0.25, 0.3) is 0 Å². The summed E-state index contributed by atoms with van der Waals surface area (Å²) in [6.45, 7) is 1.74. The van der Waals surface area contributed by atoms with Gasteiger partial charge in [-0.25, -0.2) is 4.79 Å². The van der Waals surface area contributed by atoms with Gasteiger partial charge in [0.25, 0.3) is 5.91 Å². The molecule has 0 spiro atoms. The van der Waals surface area contributed by atoms with Crippen molar-refractivity contribution in [2.45, 2.75) is 6.92 Å². The fourth-order valence-corrected chi connectivity index (χ4v) is 2.76. The van der Waals surface area contributed by atoms with E-state index in [1.165, 1.54) is 7.11 Å². The molecule has 0 aromatic heterocycles. The minimum absolute atomic E-state index is 0.197. The summed E-state index contributed by atoms with van der Waals surface area (Å²) in [6, 6.07) is 11.7. The lowest BCUT2D eigenvalue weighted by atomic mass is 10.2. The van der Waals surface area contributed by atoms with Crippen LogP contribution >= 0.6 is 15.9 Å². The molecule has 0 aliphatic carbocycles. The van der Waals surface area contributed by atoms with Crippen molar-refractivity contribution in [3.05, 3.63) is 46.4 Å². The van der Waals surface area contributed by atoms with Gasteiger partial charge >= 0.3 is 5.97 Å². The van der Waals surface area contributed by atoms with Gasteiger partial charge in [-0.1, -0.05) is 0 Å². The lowest BCUT2D eigenvalue weighted by Crippen LogP contribution is -2.20. The highest BCUT2D eigenvalue weighted by Gasteiger charge is 2.14. The first-order valence-corrected chi connectivity index (χ1v) is 9.34. The van der Waals surface area contributed by atoms with Crippen molar-refractivity contribution >= 4 is 33.5 Å². The highest BCUT2D eigenvalue weighted by molar-refractivity contribution is 9.10. The maximum Gasteiger partial charge on any atom is 0.343 e. The number of ether oxygens (including phenoxy) is 4. The van der Waals surface area contributed by atoms with E-state index in [-0.39, 0.29) is 19.1 Å². The summed E-state index contributed by atoms with van der Waals surface area (Å²) in [7, 11) is 1.28. The summed E-state index contributed by atoms with van der Waals surface area (Å²) in [6.07, 6.45) is 0. The third-order valence-electron chi connectivity index (χ3n) is 3.51. The average molecular weight is 463 g/mol. The van der Waals surface area contributed by atoms with Crippen molar-refractivity contribution in [1.29, 1.82) is 5.26 Å². The van der Waals surface area contributed by atoms with Crippen LogP contribution < -0.4 is 19.5 Å². The van der Waals surface area contributed by atoms with E-state index in [2.05, 4.69) is 26.0 Å². The summed E-state index contributed by atoms with van der Waals surface area (Å²) in [5.41, 5.74) is 0.944. The molecule has 0 aliphatic rings. The van der Waals surface area contributed by atoms with Crippen LogP contribution in [0.2, 0.25) is 0 Å². The van der Waals surface area contributed by atoms with Gasteiger partial charge in [0.1, 0.15) is 5.75 Å². The van der Waals surface area contributed by atoms with Crippen molar-refractivity contribution < 1.29 is 28.5 Å². The molecule has 2 aromatic rings. The topological polar surface area (TPSA) is 107 Å². The number of nitriles is 1. The zero-order valence-corrected chi connectivity index (χ0v) is 17.4. The monoisotopic (exact) mass is 462 g/mol. The molecular formula is C20H19BrN2O6.